The van der Waals surface area contributed by atoms with Gasteiger partial charge >= 0.3 is 11.9 Å². The zero-order chi connectivity index (χ0) is 15.3. The molecule has 0 amide bonds. The van der Waals surface area contributed by atoms with Crippen LogP contribution in [0.3, 0.4) is 0 Å². The lowest BCUT2D eigenvalue weighted by Crippen LogP contribution is -2.25. The van der Waals surface area contributed by atoms with Gasteiger partial charge in [-0.15, -0.1) is 0 Å². The standard InChI is InChI=1S/C15H18O5/c1-9-7-12(5-6-13(16)17)8-10(2)14(9)20-11(3)15(18)19-4/h5-8,11H,1-4H3,(H,16,17). The number of benzene rings is 1. The van der Waals surface area contributed by atoms with Gasteiger partial charge in [0.15, 0.2) is 6.10 Å². The lowest BCUT2D eigenvalue weighted by Gasteiger charge is -2.17. The number of carbonyl (C=O) groups is 2. The second-order valence-corrected chi connectivity index (χ2v) is 4.44. The normalized spacial score (nSPS) is 12.2. The minimum Gasteiger partial charge on any atom is -0.478 e. The van der Waals surface area contributed by atoms with E-state index < -0.39 is 18.0 Å². The molecule has 0 aliphatic carbocycles. The lowest BCUT2D eigenvalue weighted by molar-refractivity contribution is -0.148. The summed E-state index contributed by atoms with van der Waals surface area (Å²) in [5.41, 5.74) is 2.41. The maximum absolute atomic E-state index is 11.4. The highest BCUT2D eigenvalue weighted by Gasteiger charge is 2.17. The maximum atomic E-state index is 11.4. The summed E-state index contributed by atoms with van der Waals surface area (Å²) < 4.78 is 10.2. The number of carboxylic acid groups (broad SMARTS) is 1. The zero-order valence-electron chi connectivity index (χ0n) is 12.0. The van der Waals surface area contributed by atoms with Crippen LogP contribution in [0.4, 0.5) is 0 Å². The van der Waals surface area contributed by atoms with E-state index in [0.29, 0.717) is 5.75 Å². The number of aliphatic carboxylic acids is 1. The molecule has 0 heterocycles. The summed E-state index contributed by atoms with van der Waals surface area (Å²) in [5.74, 6) is -0.839. The molecule has 0 saturated heterocycles. The van der Waals surface area contributed by atoms with Crippen LogP contribution in [0, 0.1) is 13.8 Å². The summed E-state index contributed by atoms with van der Waals surface area (Å²) in [6.45, 7) is 5.29. The Balaban J connectivity index is 3.00. The molecule has 0 aliphatic heterocycles. The first-order valence-electron chi connectivity index (χ1n) is 6.12. The first-order chi connectivity index (χ1) is 9.35. The van der Waals surface area contributed by atoms with E-state index in [9.17, 15) is 9.59 Å². The topological polar surface area (TPSA) is 72.8 Å². The second kappa shape index (κ2) is 6.75. The van der Waals surface area contributed by atoms with Crippen molar-refractivity contribution in [1.29, 1.82) is 0 Å². The second-order valence-electron chi connectivity index (χ2n) is 4.44. The largest absolute Gasteiger partial charge is 0.478 e. The monoisotopic (exact) mass is 278 g/mol. The smallest absolute Gasteiger partial charge is 0.346 e. The Morgan fingerprint density at radius 3 is 2.25 bits per heavy atom. The van der Waals surface area contributed by atoms with Gasteiger partial charge in [-0.05, 0) is 55.7 Å². The van der Waals surface area contributed by atoms with Crippen LogP contribution in [-0.2, 0) is 14.3 Å². The van der Waals surface area contributed by atoms with Crippen LogP contribution in [0.15, 0.2) is 18.2 Å². The molecule has 1 unspecified atom stereocenters. The molecule has 1 rings (SSSR count). The Bertz CT molecular complexity index is 522. The number of hydrogen-bond acceptors (Lipinski definition) is 4. The van der Waals surface area contributed by atoms with E-state index in [1.54, 1.807) is 19.1 Å². The van der Waals surface area contributed by atoms with Crippen molar-refractivity contribution in [2.45, 2.75) is 26.9 Å². The summed E-state index contributed by atoms with van der Waals surface area (Å²) in [7, 11) is 1.31. The third kappa shape index (κ3) is 4.12. The Hall–Kier alpha value is -2.30. The van der Waals surface area contributed by atoms with Crippen LogP contribution in [0.25, 0.3) is 6.08 Å². The molecule has 5 heteroatoms. The van der Waals surface area contributed by atoms with Gasteiger partial charge in [-0.2, -0.15) is 0 Å². The maximum Gasteiger partial charge on any atom is 0.346 e. The van der Waals surface area contributed by atoms with Gasteiger partial charge in [0.1, 0.15) is 5.75 Å². The molecule has 0 saturated carbocycles. The Kier molecular flexibility index (Phi) is 5.32. The van der Waals surface area contributed by atoms with Crippen molar-refractivity contribution in [3.8, 4) is 5.75 Å². The molecule has 1 atom stereocenters. The van der Waals surface area contributed by atoms with Crippen molar-refractivity contribution < 1.29 is 24.2 Å². The van der Waals surface area contributed by atoms with Crippen LogP contribution in [0.1, 0.15) is 23.6 Å². The molecule has 5 nitrogen and oxygen atoms in total. The van der Waals surface area contributed by atoms with E-state index in [-0.39, 0.29) is 0 Å². The summed E-state index contributed by atoms with van der Waals surface area (Å²) >= 11 is 0. The fraction of sp³-hybridized carbons (Fsp3) is 0.333. The predicted molar refractivity (Wildman–Crippen MR) is 74.7 cm³/mol. The first kappa shape index (κ1) is 15.8. The van der Waals surface area contributed by atoms with E-state index in [4.69, 9.17) is 9.84 Å². The van der Waals surface area contributed by atoms with E-state index in [1.165, 1.54) is 13.2 Å². The van der Waals surface area contributed by atoms with Gasteiger partial charge in [-0.25, -0.2) is 9.59 Å². The first-order valence-corrected chi connectivity index (χ1v) is 6.12. The minimum atomic E-state index is -1.00. The zero-order valence-corrected chi connectivity index (χ0v) is 12.0. The highest BCUT2D eigenvalue weighted by Crippen LogP contribution is 2.26. The molecule has 0 fully saturated rings. The number of ether oxygens (including phenoxy) is 2. The molecule has 0 radical (unpaired) electrons. The van der Waals surface area contributed by atoms with Gasteiger partial charge in [-0.1, -0.05) is 0 Å². The molecule has 1 N–H and O–H groups in total. The van der Waals surface area contributed by atoms with E-state index >= 15 is 0 Å². The fourth-order valence-corrected chi connectivity index (χ4v) is 1.82. The van der Waals surface area contributed by atoms with Gasteiger partial charge in [0, 0.05) is 6.08 Å². The number of esters is 1. The Labute approximate surface area is 117 Å². The summed E-state index contributed by atoms with van der Waals surface area (Å²) in [6, 6.07) is 3.59. The fourth-order valence-electron chi connectivity index (χ4n) is 1.82. The molecule has 0 aromatic heterocycles. The average molecular weight is 278 g/mol. The van der Waals surface area contributed by atoms with Crippen molar-refractivity contribution in [3.63, 3.8) is 0 Å². The van der Waals surface area contributed by atoms with Crippen molar-refractivity contribution in [3.05, 3.63) is 34.9 Å². The third-order valence-corrected chi connectivity index (χ3v) is 2.73. The minimum absolute atomic E-state index is 0.446. The highest BCUT2D eigenvalue weighted by atomic mass is 16.6. The average Bonchev–Trinajstić information content (AvgIpc) is 2.39. The van der Waals surface area contributed by atoms with Crippen molar-refractivity contribution in [2.24, 2.45) is 0 Å². The number of aryl methyl sites for hydroxylation is 2. The summed E-state index contributed by atoms with van der Waals surface area (Å²) in [5, 5.41) is 8.61. The van der Waals surface area contributed by atoms with Gasteiger partial charge in [0.25, 0.3) is 0 Å². The SMILES string of the molecule is COC(=O)C(C)Oc1c(C)cc(C=CC(=O)O)cc1C. The quantitative estimate of drug-likeness (QED) is 0.661. The molecule has 108 valence electrons. The molecular weight excluding hydrogens is 260 g/mol. The van der Waals surface area contributed by atoms with Crippen LogP contribution >= 0.6 is 0 Å². The van der Waals surface area contributed by atoms with Gasteiger partial charge in [-0.3, -0.25) is 0 Å². The molecule has 0 bridgehead atoms. The van der Waals surface area contributed by atoms with E-state index in [0.717, 1.165) is 22.8 Å². The summed E-state index contributed by atoms with van der Waals surface area (Å²) in [6.07, 6.45) is 1.89. The lowest BCUT2D eigenvalue weighted by atomic mass is 10.1. The molecular formula is C15H18O5. The Morgan fingerprint density at radius 1 is 1.25 bits per heavy atom. The molecule has 1 aromatic carbocycles. The summed E-state index contributed by atoms with van der Waals surface area (Å²) in [4.78, 5) is 21.9. The molecule has 0 aliphatic rings. The number of rotatable bonds is 5. The van der Waals surface area contributed by atoms with Crippen LogP contribution in [0.5, 0.6) is 5.75 Å². The number of methoxy groups -OCH3 is 1. The van der Waals surface area contributed by atoms with Crippen molar-refractivity contribution in [1.82, 2.24) is 0 Å². The van der Waals surface area contributed by atoms with Gasteiger partial charge in [0.2, 0.25) is 0 Å². The molecule has 0 spiro atoms. The van der Waals surface area contributed by atoms with Gasteiger partial charge in [0.05, 0.1) is 7.11 Å². The van der Waals surface area contributed by atoms with Crippen LogP contribution in [-0.4, -0.2) is 30.3 Å². The van der Waals surface area contributed by atoms with Crippen LogP contribution in [0.2, 0.25) is 0 Å². The van der Waals surface area contributed by atoms with Crippen molar-refractivity contribution >= 4 is 18.0 Å². The highest BCUT2D eigenvalue weighted by molar-refractivity contribution is 5.85. The van der Waals surface area contributed by atoms with E-state index in [2.05, 4.69) is 4.74 Å². The molecule has 1 aromatic rings. The van der Waals surface area contributed by atoms with Crippen LogP contribution < -0.4 is 4.74 Å². The number of hydrogen-bond donors (Lipinski definition) is 1. The molecule has 20 heavy (non-hydrogen) atoms. The Morgan fingerprint density at radius 2 is 1.80 bits per heavy atom. The third-order valence-electron chi connectivity index (χ3n) is 2.73. The van der Waals surface area contributed by atoms with E-state index in [1.807, 2.05) is 13.8 Å². The van der Waals surface area contributed by atoms with Gasteiger partial charge < -0.3 is 14.6 Å². The predicted octanol–water partition coefficient (Wildman–Crippen LogP) is 2.34. The number of carboxylic acids is 1. The number of carbonyl (C=O) groups excluding carboxylic acids is 1. The van der Waals surface area contributed by atoms with Crippen molar-refractivity contribution in [2.75, 3.05) is 7.11 Å².